The van der Waals surface area contributed by atoms with Crippen molar-refractivity contribution in [3.63, 3.8) is 0 Å². The van der Waals surface area contributed by atoms with E-state index in [2.05, 4.69) is 32.6 Å². The lowest BCUT2D eigenvalue weighted by Gasteiger charge is -2.39. The fourth-order valence-electron chi connectivity index (χ4n) is 3.11. The van der Waals surface area contributed by atoms with Crippen LogP contribution in [-0.2, 0) is 4.74 Å². The molecule has 0 aromatic rings. The van der Waals surface area contributed by atoms with Crippen LogP contribution in [0.15, 0.2) is 0 Å². The van der Waals surface area contributed by atoms with Gasteiger partial charge in [0.2, 0.25) is 0 Å². The van der Waals surface area contributed by atoms with E-state index in [9.17, 15) is 0 Å². The molecule has 1 atom stereocenters. The molecule has 2 heteroatoms. The highest BCUT2D eigenvalue weighted by molar-refractivity contribution is 4.80. The van der Waals surface area contributed by atoms with E-state index in [1.165, 1.54) is 51.6 Å². The zero-order valence-corrected chi connectivity index (χ0v) is 13.0. The number of unbranched alkanes of at least 4 members (excludes halogenated alkanes) is 1. The standard InChI is InChI=1S/C16H33NO/c1-5-8-13-18-16-9-11-17(12-10-16)14(4)15(6-2)7-3/h14-16H,5-13H2,1-4H3/t14-/m1/s1. The van der Waals surface area contributed by atoms with E-state index < -0.39 is 0 Å². The van der Waals surface area contributed by atoms with Crippen LogP contribution in [0.25, 0.3) is 0 Å². The fourth-order valence-corrected chi connectivity index (χ4v) is 3.11. The maximum Gasteiger partial charge on any atom is 0.0599 e. The van der Waals surface area contributed by atoms with Crippen LogP contribution in [0.5, 0.6) is 0 Å². The van der Waals surface area contributed by atoms with Crippen LogP contribution >= 0.6 is 0 Å². The van der Waals surface area contributed by atoms with Crippen molar-refractivity contribution in [3.05, 3.63) is 0 Å². The summed E-state index contributed by atoms with van der Waals surface area (Å²) in [5.74, 6) is 0.863. The van der Waals surface area contributed by atoms with E-state index >= 15 is 0 Å². The molecule has 1 fully saturated rings. The van der Waals surface area contributed by atoms with Crippen molar-refractivity contribution in [1.82, 2.24) is 4.90 Å². The Labute approximate surface area is 114 Å². The highest BCUT2D eigenvalue weighted by Crippen LogP contribution is 2.23. The molecule has 18 heavy (non-hydrogen) atoms. The van der Waals surface area contributed by atoms with Gasteiger partial charge in [0.05, 0.1) is 6.10 Å². The molecule has 0 aromatic heterocycles. The first-order valence-corrected chi connectivity index (χ1v) is 8.08. The third-order valence-electron chi connectivity index (χ3n) is 4.63. The first kappa shape index (κ1) is 16.0. The van der Waals surface area contributed by atoms with Gasteiger partial charge in [-0.15, -0.1) is 0 Å². The summed E-state index contributed by atoms with van der Waals surface area (Å²) in [7, 11) is 0. The number of likely N-dealkylation sites (tertiary alicyclic amines) is 1. The molecule has 1 aliphatic heterocycles. The molecule has 0 saturated carbocycles. The summed E-state index contributed by atoms with van der Waals surface area (Å²) in [4.78, 5) is 2.68. The van der Waals surface area contributed by atoms with Crippen LogP contribution < -0.4 is 0 Å². The summed E-state index contributed by atoms with van der Waals surface area (Å²) < 4.78 is 5.94. The molecule has 0 aliphatic carbocycles. The summed E-state index contributed by atoms with van der Waals surface area (Å²) in [5, 5.41) is 0. The number of nitrogens with zero attached hydrogens (tertiary/aromatic N) is 1. The minimum Gasteiger partial charge on any atom is -0.378 e. The Hall–Kier alpha value is -0.0800. The molecule has 0 spiro atoms. The van der Waals surface area contributed by atoms with E-state index in [-0.39, 0.29) is 0 Å². The molecular weight excluding hydrogens is 222 g/mol. The van der Waals surface area contributed by atoms with Gasteiger partial charge in [0.15, 0.2) is 0 Å². The topological polar surface area (TPSA) is 12.5 Å². The smallest absolute Gasteiger partial charge is 0.0599 e. The molecule has 1 saturated heterocycles. The lowest BCUT2D eigenvalue weighted by Crippen LogP contribution is -2.45. The highest BCUT2D eigenvalue weighted by atomic mass is 16.5. The third kappa shape index (κ3) is 4.89. The quantitative estimate of drug-likeness (QED) is 0.606. The zero-order chi connectivity index (χ0) is 13.4. The second-order valence-corrected chi connectivity index (χ2v) is 5.78. The van der Waals surface area contributed by atoms with Crippen molar-refractivity contribution >= 4 is 0 Å². The van der Waals surface area contributed by atoms with Gasteiger partial charge in [-0.3, -0.25) is 0 Å². The average molecular weight is 255 g/mol. The minimum absolute atomic E-state index is 0.529. The Morgan fingerprint density at radius 2 is 1.72 bits per heavy atom. The predicted molar refractivity (Wildman–Crippen MR) is 79.0 cm³/mol. The molecule has 0 amide bonds. The lowest BCUT2D eigenvalue weighted by molar-refractivity contribution is -0.00792. The predicted octanol–water partition coefficient (Wildman–Crippen LogP) is 4.09. The maximum atomic E-state index is 5.94. The summed E-state index contributed by atoms with van der Waals surface area (Å²) in [6.07, 6.45) is 8.06. The molecule has 1 aliphatic rings. The van der Waals surface area contributed by atoms with E-state index in [1.54, 1.807) is 0 Å². The Morgan fingerprint density at radius 3 is 2.22 bits per heavy atom. The number of rotatable bonds is 8. The highest BCUT2D eigenvalue weighted by Gasteiger charge is 2.26. The second-order valence-electron chi connectivity index (χ2n) is 5.78. The van der Waals surface area contributed by atoms with Crippen molar-refractivity contribution in [3.8, 4) is 0 Å². The summed E-state index contributed by atoms with van der Waals surface area (Å²) in [6.45, 7) is 12.7. The molecule has 0 radical (unpaired) electrons. The van der Waals surface area contributed by atoms with E-state index in [1.807, 2.05) is 0 Å². The van der Waals surface area contributed by atoms with Crippen LogP contribution in [0, 0.1) is 5.92 Å². The molecule has 0 aromatic carbocycles. The molecule has 108 valence electrons. The molecule has 1 heterocycles. The van der Waals surface area contributed by atoms with Crippen LogP contribution in [0.4, 0.5) is 0 Å². The SMILES string of the molecule is CCCCOC1CCN([C@H](C)C(CC)CC)CC1. The van der Waals surface area contributed by atoms with Crippen molar-refractivity contribution in [1.29, 1.82) is 0 Å². The van der Waals surface area contributed by atoms with Gasteiger partial charge in [0, 0.05) is 25.7 Å². The number of piperidine rings is 1. The fraction of sp³-hybridized carbons (Fsp3) is 1.00. The summed E-state index contributed by atoms with van der Waals surface area (Å²) in [6, 6.07) is 0.747. The van der Waals surface area contributed by atoms with E-state index in [0.29, 0.717) is 6.10 Å². The van der Waals surface area contributed by atoms with Crippen LogP contribution in [-0.4, -0.2) is 36.7 Å². The molecule has 0 N–H and O–H groups in total. The number of ether oxygens (including phenoxy) is 1. The van der Waals surface area contributed by atoms with Crippen molar-refractivity contribution in [2.75, 3.05) is 19.7 Å². The second kappa shape index (κ2) is 8.92. The maximum absolute atomic E-state index is 5.94. The summed E-state index contributed by atoms with van der Waals surface area (Å²) >= 11 is 0. The zero-order valence-electron chi connectivity index (χ0n) is 13.0. The van der Waals surface area contributed by atoms with Gasteiger partial charge < -0.3 is 9.64 Å². The van der Waals surface area contributed by atoms with Crippen LogP contribution in [0.2, 0.25) is 0 Å². The number of hydrogen-bond acceptors (Lipinski definition) is 2. The Morgan fingerprint density at radius 1 is 1.11 bits per heavy atom. The Balaban J connectivity index is 2.25. The van der Waals surface area contributed by atoms with Gasteiger partial charge in [-0.2, -0.15) is 0 Å². The summed E-state index contributed by atoms with van der Waals surface area (Å²) in [5.41, 5.74) is 0. The Kier molecular flexibility index (Phi) is 7.92. The van der Waals surface area contributed by atoms with Crippen molar-refractivity contribution in [2.24, 2.45) is 5.92 Å². The number of hydrogen-bond donors (Lipinski definition) is 0. The lowest BCUT2D eigenvalue weighted by atomic mass is 9.92. The largest absolute Gasteiger partial charge is 0.378 e. The first-order valence-electron chi connectivity index (χ1n) is 8.08. The van der Waals surface area contributed by atoms with Gasteiger partial charge in [-0.05, 0) is 32.1 Å². The van der Waals surface area contributed by atoms with Gasteiger partial charge in [-0.25, -0.2) is 0 Å². The minimum atomic E-state index is 0.529. The van der Waals surface area contributed by atoms with Crippen molar-refractivity contribution < 1.29 is 4.74 Å². The van der Waals surface area contributed by atoms with Gasteiger partial charge in [0.25, 0.3) is 0 Å². The monoisotopic (exact) mass is 255 g/mol. The van der Waals surface area contributed by atoms with Crippen molar-refractivity contribution in [2.45, 2.75) is 78.4 Å². The Bertz CT molecular complexity index is 195. The first-order chi connectivity index (χ1) is 8.72. The van der Waals surface area contributed by atoms with Crippen LogP contribution in [0.1, 0.15) is 66.2 Å². The van der Waals surface area contributed by atoms with Gasteiger partial charge >= 0.3 is 0 Å². The molecule has 0 bridgehead atoms. The van der Waals surface area contributed by atoms with Crippen LogP contribution in [0.3, 0.4) is 0 Å². The molecular formula is C16H33NO. The average Bonchev–Trinajstić information content (AvgIpc) is 2.41. The van der Waals surface area contributed by atoms with E-state index in [4.69, 9.17) is 4.74 Å². The van der Waals surface area contributed by atoms with E-state index in [0.717, 1.165) is 18.6 Å². The molecule has 0 unspecified atom stereocenters. The third-order valence-corrected chi connectivity index (χ3v) is 4.63. The van der Waals surface area contributed by atoms with Gasteiger partial charge in [0.1, 0.15) is 0 Å². The van der Waals surface area contributed by atoms with Gasteiger partial charge in [-0.1, -0.05) is 40.0 Å². The molecule has 2 nitrogen and oxygen atoms in total. The normalized spacial score (nSPS) is 20.5. The molecule has 1 rings (SSSR count).